The average molecular weight is 935 g/mol. The van der Waals surface area contributed by atoms with E-state index in [2.05, 4.69) is 91.5 Å². The van der Waals surface area contributed by atoms with E-state index in [-0.39, 0.29) is 40.5 Å². The van der Waals surface area contributed by atoms with E-state index in [0.29, 0.717) is 24.8 Å². The number of halogens is 1. The van der Waals surface area contributed by atoms with Crippen LogP contribution < -0.4 is 15.4 Å². The van der Waals surface area contributed by atoms with Gasteiger partial charge in [-0.15, -0.1) is 0 Å². The Hall–Kier alpha value is -4.82. The third-order valence-electron chi connectivity index (χ3n) is 12.0. The summed E-state index contributed by atoms with van der Waals surface area (Å²) in [5.41, 5.74) is 6.56. The molecule has 0 saturated carbocycles. The maximum absolute atomic E-state index is 13.9. The minimum absolute atomic E-state index is 0.0191. The zero-order valence-corrected chi connectivity index (χ0v) is 36.4. The lowest BCUT2D eigenvalue weighted by atomic mass is 9.85. The number of H-pyrrole nitrogens is 2. The van der Waals surface area contributed by atoms with Gasteiger partial charge in [-0.25, -0.2) is 14.8 Å². The fourth-order valence-corrected chi connectivity index (χ4v) is 10.0. The van der Waals surface area contributed by atoms with Gasteiger partial charge in [0.15, 0.2) is 0 Å². The smallest absolute Gasteiger partial charge is 0.407 e. The zero-order chi connectivity index (χ0) is 42.2. The maximum Gasteiger partial charge on any atom is 0.407 e. The number of benzene rings is 3. The Morgan fingerprint density at radius 1 is 1.10 bits per heavy atom. The Balaban J connectivity index is 1.03. The van der Waals surface area contributed by atoms with Crippen LogP contribution in [0.4, 0.5) is 4.79 Å². The molecule has 60 heavy (non-hydrogen) atoms. The second-order valence-electron chi connectivity index (χ2n) is 15.8. The molecule has 2 saturated heterocycles. The van der Waals surface area contributed by atoms with Crippen molar-refractivity contribution in [3.8, 4) is 28.1 Å². The highest BCUT2D eigenvalue weighted by Gasteiger charge is 2.42. The Labute approximate surface area is 361 Å². The summed E-state index contributed by atoms with van der Waals surface area (Å²) in [7, 11) is 4.17. The van der Waals surface area contributed by atoms with Gasteiger partial charge >= 0.3 is 6.09 Å². The van der Waals surface area contributed by atoms with Crippen molar-refractivity contribution in [1.29, 1.82) is 0 Å². The molecular weight excluding hydrogens is 883 g/mol. The molecule has 318 valence electrons. The number of piperidine rings is 1. The van der Waals surface area contributed by atoms with Gasteiger partial charge < -0.3 is 49.1 Å². The van der Waals surface area contributed by atoms with Crippen molar-refractivity contribution in [2.75, 3.05) is 27.9 Å². The molecule has 16 nitrogen and oxygen atoms in total. The van der Waals surface area contributed by atoms with Crippen LogP contribution in [0, 0.1) is 5.92 Å². The summed E-state index contributed by atoms with van der Waals surface area (Å²) in [5, 5.41) is 17.6. The molecule has 17 heteroatoms. The van der Waals surface area contributed by atoms with Crippen LogP contribution in [0.1, 0.15) is 69.2 Å². The number of aromatic nitrogens is 4. The Morgan fingerprint density at radius 2 is 1.93 bits per heavy atom. The van der Waals surface area contributed by atoms with E-state index in [1.165, 1.54) is 21.3 Å². The lowest BCUT2D eigenvalue weighted by molar-refractivity contribution is -0.145. The molecule has 0 bridgehead atoms. The van der Waals surface area contributed by atoms with Gasteiger partial charge in [-0.05, 0) is 77.9 Å². The van der Waals surface area contributed by atoms with E-state index in [1.54, 1.807) is 6.20 Å². The van der Waals surface area contributed by atoms with Gasteiger partial charge in [0, 0.05) is 31.2 Å². The van der Waals surface area contributed by atoms with E-state index < -0.39 is 24.6 Å². The van der Waals surface area contributed by atoms with Gasteiger partial charge in [-0.1, -0.05) is 61.1 Å². The minimum Gasteiger partial charge on any atom is -0.488 e. The summed E-state index contributed by atoms with van der Waals surface area (Å²) in [5.74, 6) is 1.78. The molecule has 0 aliphatic carbocycles. The molecule has 0 radical (unpaired) electrons. The molecular formula is C43H51IN8O8. The number of aromatic amines is 2. The number of hydrogen-bond donors (Lipinski definition) is 5. The first kappa shape index (κ1) is 41.9. The number of nitrogens with one attached hydrogen (secondary N) is 4. The second-order valence-corrected chi connectivity index (χ2v) is 17.3. The summed E-state index contributed by atoms with van der Waals surface area (Å²) in [6, 6.07) is 12.9. The first-order valence-corrected chi connectivity index (χ1v) is 21.6. The van der Waals surface area contributed by atoms with Crippen molar-refractivity contribution in [3.05, 3.63) is 65.9 Å². The quantitative estimate of drug-likeness (QED) is 0.0410. The van der Waals surface area contributed by atoms with Gasteiger partial charge in [-0.2, -0.15) is 0 Å². The van der Waals surface area contributed by atoms with Gasteiger partial charge in [0.1, 0.15) is 36.1 Å². The number of amides is 3. The molecule has 3 aromatic carbocycles. The van der Waals surface area contributed by atoms with Gasteiger partial charge in [0.25, 0.3) is 0 Å². The lowest BCUT2D eigenvalue weighted by Gasteiger charge is -2.42. The van der Waals surface area contributed by atoms with Crippen LogP contribution in [0.3, 0.4) is 0 Å². The minimum atomic E-state index is -1.31. The topological polar surface area (TPSA) is 196 Å². The Morgan fingerprint density at radius 3 is 2.70 bits per heavy atom. The predicted molar refractivity (Wildman–Crippen MR) is 232 cm³/mol. The fourth-order valence-electron chi connectivity index (χ4n) is 8.99. The number of rotatable bonds is 13. The number of nitrogens with zero attached hydrogens (tertiary/aromatic N) is 4. The highest BCUT2D eigenvalue weighted by Crippen LogP contribution is 2.44. The molecule has 5 N–H and O–H groups in total. The molecule has 3 aliphatic heterocycles. The summed E-state index contributed by atoms with van der Waals surface area (Å²) >= 11 is 2.29. The Kier molecular flexibility index (Phi) is 12.3. The predicted octanol–water partition coefficient (Wildman–Crippen LogP) is 5.88. The highest BCUT2D eigenvalue weighted by molar-refractivity contribution is 14.1. The number of likely N-dealkylation sites (tertiary alicyclic amines) is 2. The molecule has 3 aliphatic rings. The fraction of sp³-hybridized carbons (Fsp3) is 0.465. The van der Waals surface area contributed by atoms with E-state index in [9.17, 15) is 19.5 Å². The molecule has 5 heterocycles. The van der Waals surface area contributed by atoms with E-state index in [0.717, 1.165) is 87.6 Å². The number of hydrogen-bond acceptors (Lipinski definition) is 11. The zero-order valence-electron chi connectivity index (χ0n) is 34.3. The summed E-state index contributed by atoms with van der Waals surface area (Å²) in [6.45, 7) is 4.85. The number of carbonyl (C=O) groups excluding carboxylic acids is 3. The van der Waals surface area contributed by atoms with Gasteiger partial charge in [0.05, 0.1) is 53.3 Å². The molecule has 2 aromatic heterocycles. The number of carbonyl (C=O) groups is 3. The van der Waals surface area contributed by atoms with Gasteiger partial charge in [-0.3, -0.25) is 14.9 Å². The van der Waals surface area contributed by atoms with Crippen molar-refractivity contribution in [2.45, 2.75) is 93.7 Å². The van der Waals surface area contributed by atoms with Crippen molar-refractivity contribution in [3.63, 3.8) is 0 Å². The molecule has 0 spiro atoms. The first-order chi connectivity index (χ1) is 29.0. The molecule has 7 atom stereocenters. The van der Waals surface area contributed by atoms with Crippen LogP contribution >= 0.6 is 22.6 Å². The van der Waals surface area contributed by atoms with Crippen LogP contribution in [-0.2, 0) is 37.0 Å². The van der Waals surface area contributed by atoms with E-state index in [4.69, 9.17) is 23.9 Å². The number of alkyl carbamates (subject to hydrolysis) is 1. The lowest BCUT2D eigenvalue weighted by Crippen LogP contribution is -2.59. The van der Waals surface area contributed by atoms with Crippen LogP contribution in [0.25, 0.3) is 44.2 Å². The Bertz CT molecular complexity index is 2400. The largest absolute Gasteiger partial charge is 0.488 e. The van der Waals surface area contributed by atoms with Crippen LogP contribution in [0.2, 0.25) is 0 Å². The van der Waals surface area contributed by atoms with Crippen molar-refractivity contribution < 1.29 is 38.4 Å². The molecule has 5 aromatic rings. The number of alkyl halides is 1. The average Bonchev–Trinajstić information content (AvgIpc) is 4.01. The van der Waals surface area contributed by atoms with Crippen LogP contribution in [0.15, 0.2) is 48.7 Å². The van der Waals surface area contributed by atoms with E-state index >= 15 is 0 Å². The number of imidazole rings is 2. The van der Waals surface area contributed by atoms with E-state index in [1.807, 2.05) is 22.8 Å². The molecule has 2 fully saturated rings. The molecule has 2 unspecified atom stereocenters. The molecule has 8 rings (SSSR count). The third kappa shape index (κ3) is 8.04. The highest BCUT2D eigenvalue weighted by atomic mass is 127. The first-order valence-electron chi connectivity index (χ1n) is 20.4. The summed E-state index contributed by atoms with van der Waals surface area (Å²) in [6.07, 6.45) is 3.96. The van der Waals surface area contributed by atoms with Crippen LogP contribution in [-0.4, -0.2) is 109 Å². The molecule has 3 amide bonds. The number of aliphatic hydroxyl groups is 1. The summed E-state index contributed by atoms with van der Waals surface area (Å²) in [4.78, 5) is 60.0. The van der Waals surface area contributed by atoms with Crippen molar-refractivity contribution in [2.24, 2.45) is 5.92 Å². The van der Waals surface area contributed by atoms with Crippen molar-refractivity contribution >= 4 is 62.3 Å². The summed E-state index contributed by atoms with van der Waals surface area (Å²) < 4.78 is 21.4. The number of aliphatic hydroxyl groups excluding tert-OH is 1. The van der Waals surface area contributed by atoms with Crippen LogP contribution in [0.5, 0.6) is 5.75 Å². The second kappa shape index (κ2) is 17.6. The number of fused-ring (bicyclic) bond motifs is 6. The van der Waals surface area contributed by atoms with Gasteiger partial charge in [0.2, 0.25) is 18.2 Å². The van der Waals surface area contributed by atoms with Crippen molar-refractivity contribution in [1.82, 2.24) is 40.4 Å². The monoisotopic (exact) mass is 934 g/mol. The number of methoxy groups -OCH3 is 3. The maximum atomic E-state index is 13.9. The normalized spacial score (nSPS) is 22.4. The number of ether oxygens (including phenoxy) is 4. The standard InChI is InChI=1S/C43H51IN8O8/c1-6-7-26-14-22(2)37(50-43(56)59-5)41(54)51(26)19-36-45-18-31(46-36)24-8-10-27-25(15-24)20-60-34-17-28-23(16-29(27)34)9-11-30-38(28)49-39(47-30)33-12-13-35(44)52(33)40(53)32(21-57-3)48-42(55)58-4/h8-11,15-18,22,26,32-33,35,37,42,48,55H,6-7,12-14,19-21H2,1-5H3,(H,45,46)(H,47,49)(H,50,56)/t22?,26-,32+,33+,35-,37+,42?/m1/s1. The SMILES string of the molecule is CCC[C@@H]1CC(C)[C@H](NC(=O)OC)C(=O)N1Cc1ncc(-c2ccc3c(c2)COc2cc4c(ccc5nc([C@@H]6CC[C@H](I)N6C(=O)[C@H](COC)NC(O)OC)[nH]c54)cc2-3)[nH]1. The third-order valence-corrected chi connectivity index (χ3v) is 13.2.